The Hall–Kier alpha value is -1.16. The van der Waals surface area contributed by atoms with Crippen LogP contribution < -0.4 is 5.32 Å². The highest BCUT2D eigenvalue weighted by atomic mass is 15.1. The molecule has 0 aromatic carbocycles. The maximum absolute atomic E-state index is 4.56. The molecule has 1 heterocycles. The van der Waals surface area contributed by atoms with Gasteiger partial charge in [-0.3, -0.25) is 0 Å². The topological polar surface area (TPSA) is 41.0 Å². The minimum Gasteiger partial charge on any atom is -0.370 e. The SMILES string of the molecule is Cc1cc(NCCCCN(C)C(C)C)nc(C(C)C)n1. The van der Waals surface area contributed by atoms with Crippen molar-refractivity contribution in [1.82, 2.24) is 14.9 Å². The molecule has 1 rings (SSSR count). The maximum Gasteiger partial charge on any atom is 0.133 e. The summed E-state index contributed by atoms with van der Waals surface area (Å²) in [4.78, 5) is 11.4. The van der Waals surface area contributed by atoms with Crippen LogP contribution in [-0.4, -0.2) is 41.0 Å². The van der Waals surface area contributed by atoms with Crippen LogP contribution in [0.2, 0.25) is 0 Å². The molecular weight excluding hydrogens is 248 g/mol. The third-order valence-electron chi connectivity index (χ3n) is 3.51. The van der Waals surface area contributed by atoms with Crippen molar-refractivity contribution < 1.29 is 0 Å². The van der Waals surface area contributed by atoms with Crippen molar-refractivity contribution in [1.29, 1.82) is 0 Å². The molecule has 0 aliphatic rings. The molecule has 1 aromatic rings. The third-order valence-corrected chi connectivity index (χ3v) is 3.51. The highest BCUT2D eigenvalue weighted by Crippen LogP contribution is 2.13. The van der Waals surface area contributed by atoms with E-state index < -0.39 is 0 Å². The zero-order valence-corrected chi connectivity index (χ0v) is 13.9. The quantitative estimate of drug-likeness (QED) is 0.740. The molecule has 4 heteroatoms. The van der Waals surface area contributed by atoms with Gasteiger partial charge in [-0.25, -0.2) is 9.97 Å². The molecule has 0 bridgehead atoms. The van der Waals surface area contributed by atoms with E-state index >= 15 is 0 Å². The second-order valence-electron chi connectivity index (χ2n) is 6.12. The van der Waals surface area contributed by atoms with Gasteiger partial charge in [0.2, 0.25) is 0 Å². The standard InChI is InChI=1S/C16H30N4/c1-12(2)16-18-14(5)11-15(19-16)17-9-7-8-10-20(6)13(3)4/h11-13H,7-10H2,1-6H3,(H,17,18,19). The summed E-state index contributed by atoms with van der Waals surface area (Å²) in [5.74, 6) is 2.25. The molecule has 1 N–H and O–H groups in total. The molecule has 0 amide bonds. The van der Waals surface area contributed by atoms with Crippen molar-refractivity contribution in [3.63, 3.8) is 0 Å². The Kier molecular flexibility index (Phi) is 6.93. The van der Waals surface area contributed by atoms with Crippen LogP contribution in [-0.2, 0) is 0 Å². The van der Waals surface area contributed by atoms with E-state index in [0.29, 0.717) is 12.0 Å². The van der Waals surface area contributed by atoms with E-state index in [0.717, 1.165) is 36.8 Å². The van der Waals surface area contributed by atoms with Crippen molar-refractivity contribution in [2.24, 2.45) is 0 Å². The zero-order chi connectivity index (χ0) is 15.1. The van der Waals surface area contributed by atoms with Gasteiger partial charge in [0.1, 0.15) is 11.6 Å². The Labute approximate surface area is 124 Å². The van der Waals surface area contributed by atoms with E-state index in [4.69, 9.17) is 0 Å². The average molecular weight is 278 g/mol. The lowest BCUT2D eigenvalue weighted by Gasteiger charge is -2.20. The second-order valence-corrected chi connectivity index (χ2v) is 6.12. The Morgan fingerprint density at radius 2 is 1.85 bits per heavy atom. The van der Waals surface area contributed by atoms with E-state index in [9.17, 15) is 0 Å². The van der Waals surface area contributed by atoms with E-state index in [1.807, 2.05) is 13.0 Å². The summed E-state index contributed by atoms with van der Waals surface area (Å²) in [6, 6.07) is 2.65. The van der Waals surface area contributed by atoms with Gasteiger partial charge in [-0.2, -0.15) is 0 Å². The molecule has 0 aliphatic carbocycles. The van der Waals surface area contributed by atoms with Crippen molar-refractivity contribution in [2.45, 2.75) is 59.4 Å². The largest absolute Gasteiger partial charge is 0.370 e. The molecule has 0 saturated carbocycles. The first kappa shape index (κ1) is 16.9. The average Bonchev–Trinajstić information content (AvgIpc) is 2.37. The monoisotopic (exact) mass is 278 g/mol. The summed E-state index contributed by atoms with van der Waals surface area (Å²) < 4.78 is 0. The number of aromatic nitrogens is 2. The molecule has 4 nitrogen and oxygen atoms in total. The Morgan fingerprint density at radius 1 is 1.15 bits per heavy atom. The van der Waals surface area contributed by atoms with Gasteiger partial charge in [0.05, 0.1) is 0 Å². The Bertz CT molecular complexity index is 401. The number of nitrogens with zero attached hydrogens (tertiary/aromatic N) is 3. The summed E-state index contributed by atoms with van der Waals surface area (Å²) in [5.41, 5.74) is 1.03. The van der Waals surface area contributed by atoms with Crippen LogP contribution in [0.15, 0.2) is 6.07 Å². The number of anilines is 1. The molecular formula is C16H30N4. The first-order valence-corrected chi connectivity index (χ1v) is 7.70. The van der Waals surface area contributed by atoms with E-state index in [1.165, 1.54) is 6.42 Å². The van der Waals surface area contributed by atoms with Crippen LogP contribution >= 0.6 is 0 Å². The minimum atomic E-state index is 0.371. The van der Waals surface area contributed by atoms with Crippen LogP contribution in [0, 0.1) is 6.92 Å². The summed E-state index contributed by atoms with van der Waals surface area (Å²) in [7, 11) is 2.18. The molecule has 1 aromatic heterocycles. The fourth-order valence-electron chi connectivity index (χ4n) is 1.90. The van der Waals surface area contributed by atoms with Gasteiger partial charge in [0, 0.05) is 30.3 Å². The molecule has 0 unspecified atom stereocenters. The number of aryl methyl sites for hydroxylation is 1. The van der Waals surface area contributed by atoms with Crippen molar-refractivity contribution in [3.05, 3.63) is 17.6 Å². The first-order valence-electron chi connectivity index (χ1n) is 7.70. The fourth-order valence-corrected chi connectivity index (χ4v) is 1.90. The van der Waals surface area contributed by atoms with Gasteiger partial charge in [0.15, 0.2) is 0 Å². The summed E-state index contributed by atoms with van der Waals surface area (Å²) in [6.45, 7) is 12.9. The molecule has 0 atom stereocenters. The van der Waals surface area contributed by atoms with Gasteiger partial charge in [0.25, 0.3) is 0 Å². The molecule has 114 valence electrons. The van der Waals surface area contributed by atoms with Gasteiger partial charge in [-0.15, -0.1) is 0 Å². The van der Waals surface area contributed by atoms with Crippen molar-refractivity contribution in [2.75, 3.05) is 25.5 Å². The zero-order valence-electron chi connectivity index (χ0n) is 13.9. The number of nitrogens with one attached hydrogen (secondary N) is 1. The Balaban J connectivity index is 2.35. The third kappa shape index (κ3) is 5.87. The van der Waals surface area contributed by atoms with Crippen LogP contribution in [0.3, 0.4) is 0 Å². The van der Waals surface area contributed by atoms with Gasteiger partial charge >= 0.3 is 0 Å². The van der Waals surface area contributed by atoms with Crippen molar-refractivity contribution in [3.8, 4) is 0 Å². The lowest BCUT2D eigenvalue weighted by atomic mass is 10.2. The second kappa shape index (κ2) is 8.20. The fraction of sp³-hybridized carbons (Fsp3) is 0.750. The van der Waals surface area contributed by atoms with Crippen LogP contribution in [0.5, 0.6) is 0 Å². The Morgan fingerprint density at radius 3 is 2.45 bits per heavy atom. The molecule has 0 saturated heterocycles. The van der Waals surface area contributed by atoms with Crippen LogP contribution in [0.25, 0.3) is 0 Å². The molecule has 0 fully saturated rings. The van der Waals surface area contributed by atoms with Crippen LogP contribution in [0.4, 0.5) is 5.82 Å². The predicted molar refractivity (Wildman–Crippen MR) is 86.3 cm³/mol. The smallest absolute Gasteiger partial charge is 0.133 e. The lowest BCUT2D eigenvalue weighted by molar-refractivity contribution is 0.269. The molecule has 20 heavy (non-hydrogen) atoms. The van der Waals surface area contributed by atoms with Gasteiger partial charge in [-0.05, 0) is 47.2 Å². The van der Waals surface area contributed by atoms with Crippen LogP contribution in [0.1, 0.15) is 58.0 Å². The minimum absolute atomic E-state index is 0.371. The summed E-state index contributed by atoms with van der Waals surface area (Å²) in [5, 5.41) is 3.41. The number of unbranched alkanes of at least 4 members (excludes halogenated alkanes) is 1. The summed E-state index contributed by atoms with van der Waals surface area (Å²) in [6.07, 6.45) is 2.37. The highest BCUT2D eigenvalue weighted by Gasteiger charge is 2.06. The summed E-state index contributed by atoms with van der Waals surface area (Å²) >= 11 is 0. The lowest BCUT2D eigenvalue weighted by Crippen LogP contribution is -2.27. The van der Waals surface area contributed by atoms with E-state index in [-0.39, 0.29) is 0 Å². The molecule has 0 radical (unpaired) electrons. The molecule has 0 aliphatic heterocycles. The van der Waals surface area contributed by atoms with E-state index in [1.54, 1.807) is 0 Å². The van der Waals surface area contributed by atoms with Crippen molar-refractivity contribution >= 4 is 5.82 Å². The van der Waals surface area contributed by atoms with Gasteiger partial charge in [-0.1, -0.05) is 13.8 Å². The number of rotatable bonds is 8. The van der Waals surface area contributed by atoms with E-state index in [2.05, 4.69) is 54.9 Å². The molecule has 0 spiro atoms. The number of hydrogen-bond acceptors (Lipinski definition) is 4. The van der Waals surface area contributed by atoms with Gasteiger partial charge < -0.3 is 10.2 Å². The highest BCUT2D eigenvalue weighted by molar-refractivity contribution is 5.36. The first-order chi connectivity index (χ1) is 9.40. The maximum atomic E-state index is 4.56. The predicted octanol–water partition coefficient (Wildman–Crippen LogP) is 3.44. The normalized spacial score (nSPS) is 11.7. The number of hydrogen-bond donors (Lipinski definition) is 1.